The van der Waals surface area contributed by atoms with Crippen molar-refractivity contribution in [3.8, 4) is 0 Å². The predicted molar refractivity (Wildman–Crippen MR) is 437 cm³/mol. The fraction of sp³-hybridized carbons (Fsp3) is 0.954. The Balaban J connectivity index is 5.15. The molecule has 0 aromatic rings. The average Bonchev–Trinajstić information content (AvgIpc) is 0.900. The second-order valence-electron chi connectivity index (χ2n) is 31.8. The highest BCUT2D eigenvalue weighted by Gasteiger charge is 2.30. The first kappa shape index (κ1) is 104. The van der Waals surface area contributed by atoms with Crippen molar-refractivity contribution in [3.63, 3.8) is 0 Å². The van der Waals surface area contributed by atoms with Gasteiger partial charge < -0.3 is 33.8 Å². The van der Waals surface area contributed by atoms with E-state index in [-0.39, 0.29) is 25.7 Å². The number of carbonyl (C=O) groups is 4. The van der Waals surface area contributed by atoms with Gasteiger partial charge >= 0.3 is 39.5 Å². The molecule has 0 aliphatic heterocycles. The molecule has 17 nitrogen and oxygen atoms in total. The molecule has 0 aliphatic carbocycles. The Labute approximate surface area is 651 Å². The average molecular weight is 1550 g/mol. The van der Waals surface area contributed by atoms with Gasteiger partial charge in [0.15, 0.2) is 12.2 Å². The molecule has 0 bridgehead atoms. The highest BCUT2D eigenvalue weighted by Crippen LogP contribution is 2.45. The SMILES string of the molecule is CCCCCCCCCCCCCCCCCCCCCC(=O)OC[C@H](COP(=O)(O)OC[C@@H](O)COP(=O)(O)OC[C@@H](COC(=O)CCCCCCCCC)OC(=O)CCCCCCCCCCCCCCCCCCCCC)OC(=O)CCCCCCCCCCCCCCCCCCCCC(C)C. The van der Waals surface area contributed by atoms with Gasteiger partial charge in [0, 0.05) is 25.7 Å². The van der Waals surface area contributed by atoms with Crippen LogP contribution in [0.4, 0.5) is 0 Å². The van der Waals surface area contributed by atoms with Crippen molar-refractivity contribution < 1.29 is 80.2 Å². The number of unbranched alkanes of at least 4 members (excludes halogenated alkanes) is 59. The van der Waals surface area contributed by atoms with Crippen molar-refractivity contribution in [1.29, 1.82) is 0 Å². The van der Waals surface area contributed by atoms with Gasteiger partial charge in [0.2, 0.25) is 0 Å². The monoisotopic (exact) mass is 1550 g/mol. The Bertz CT molecular complexity index is 2010. The maximum absolute atomic E-state index is 13.1. The standard InChI is InChI=1S/C87H170O17P2/c1-6-9-12-15-18-20-22-24-26-28-30-35-39-43-47-51-56-61-66-71-85(90)98-77-83(104-87(92)73-68-63-58-53-49-45-41-37-33-32-34-38-42-46-50-55-59-64-69-80(4)5)79-102-106(95,96)100-75-81(88)74-99-105(93,94)101-78-82(76-97-84(89)70-65-60-54-17-14-11-8-3)103-86(91)72-67-62-57-52-48-44-40-36-31-29-27-25-23-21-19-16-13-10-7-2/h80-83,88H,6-79H2,1-5H3,(H,93,94)(H,95,96)/t81-,82+,83+/m0/s1. The van der Waals surface area contributed by atoms with E-state index in [1.165, 1.54) is 283 Å². The van der Waals surface area contributed by atoms with Gasteiger partial charge in [-0.05, 0) is 31.6 Å². The quantitative estimate of drug-likeness (QED) is 0.0222. The molecule has 0 aromatic heterocycles. The van der Waals surface area contributed by atoms with E-state index in [0.717, 1.165) is 109 Å². The Morgan fingerprint density at radius 2 is 0.434 bits per heavy atom. The molecule has 0 radical (unpaired) electrons. The minimum Gasteiger partial charge on any atom is -0.462 e. The van der Waals surface area contributed by atoms with E-state index in [4.69, 9.17) is 37.0 Å². The number of phosphoric acid groups is 2. The normalized spacial score (nSPS) is 13.7. The molecule has 0 aromatic carbocycles. The second kappa shape index (κ2) is 79.7. The topological polar surface area (TPSA) is 237 Å². The van der Waals surface area contributed by atoms with Crippen LogP contribution in [0.3, 0.4) is 0 Å². The lowest BCUT2D eigenvalue weighted by Crippen LogP contribution is -2.30. The zero-order valence-corrected chi connectivity index (χ0v) is 71.4. The molecule has 0 spiro atoms. The number of hydrogen-bond acceptors (Lipinski definition) is 15. The Morgan fingerprint density at radius 3 is 0.642 bits per heavy atom. The number of rotatable bonds is 87. The lowest BCUT2D eigenvalue weighted by Gasteiger charge is -2.21. The van der Waals surface area contributed by atoms with Crippen molar-refractivity contribution in [2.24, 2.45) is 5.92 Å². The minimum atomic E-state index is -4.96. The van der Waals surface area contributed by atoms with Crippen molar-refractivity contribution >= 4 is 39.5 Å². The van der Waals surface area contributed by atoms with Gasteiger partial charge in [0.1, 0.15) is 19.3 Å². The van der Waals surface area contributed by atoms with E-state index in [1.807, 2.05) is 0 Å². The van der Waals surface area contributed by atoms with Crippen molar-refractivity contribution in [1.82, 2.24) is 0 Å². The largest absolute Gasteiger partial charge is 0.472 e. The maximum atomic E-state index is 13.1. The lowest BCUT2D eigenvalue weighted by molar-refractivity contribution is -0.161. The molecule has 0 fully saturated rings. The van der Waals surface area contributed by atoms with E-state index in [1.54, 1.807) is 0 Å². The fourth-order valence-corrected chi connectivity index (χ4v) is 15.2. The van der Waals surface area contributed by atoms with Crippen molar-refractivity contribution in [2.45, 2.75) is 490 Å². The summed E-state index contributed by atoms with van der Waals surface area (Å²) in [5.41, 5.74) is 0. The first-order valence-electron chi connectivity index (χ1n) is 45.1. The molecule has 3 N–H and O–H groups in total. The molecule has 630 valence electrons. The first-order chi connectivity index (χ1) is 51.5. The van der Waals surface area contributed by atoms with Crippen LogP contribution >= 0.6 is 15.6 Å². The summed E-state index contributed by atoms with van der Waals surface area (Å²) in [5.74, 6) is -1.28. The molecule has 0 saturated carbocycles. The van der Waals surface area contributed by atoms with E-state index in [2.05, 4.69) is 34.6 Å². The van der Waals surface area contributed by atoms with Crippen LogP contribution in [0, 0.1) is 5.92 Å². The second-order valence-corrected chi connectivity index (χ2v) is 34.7. The molecule has 0 aliphatic rings. The number of phosphoric ester groups is 2. The third-order valence-corrected chi connectivity index (χ3v) is 22.4. The van der Waals surface area contributed by atoms with E-state index in [9.17, 15) is 43.2 Å². The Morgan fingerprint density at radius 1 is 0.255 bits per heavy atom. The molecule has 0 rings (SSSR count). The number of aliphatic hydroxyl groups is 1. The van der Waals surface area contributed by atoms with Gasteiger partial charge in [-0.25, -0.2) is 9.13 Å². The summed E-state index contributed by atoms with van der Waals surface area (Å²) < 4.78 is 68.8. The Hall–Kier alpha value is -1.94. The summed E-state index contributed by atoms with van der Waals surface area (Å²) in [6.45, 7) is 7.36. The number of ether oxygens (including phenoxy) is 4. The molecule has 0 saturated heterocycles. The number of carbonyl (C=O) groups excluding carboxylic acids is 4. The van der Waals surface area contributed by atoms with Gasteiger partial charge in [0.05, 0.1) is 26.4 Å². The molecular formula is C87H170O17P2. The van der Waals surface area contributed by atoms with E-state index < -0.39 is 97.5 Å². The lowest BCUT2D eigenvalue weighted by atomic mass is 10.0. The van der Waals surface area contributed by atoms with Crippen LogP contribution in [0.5, 0.6) is 0 Å². The van der Waals surface area contributed by atoms with E-state index >= 15 is 0 Å². The molecule has 0 heterocycles. The fourth-order valence-electron chi connectivity index (χ4n) is 13.6. The molecular weight excluding hydrogens is 1380 g/mol. The van der Waals surface area contributed by atoms with Crippen LogP contribution in [0.15, 0.2) is 0 Å². The van der Waals surface area contributed by atoms with Crippen LogP contribution < -0.4 is 0 Å². The summed E-state index contributed by atoms with van der Waals surface area (Å²) >= 11 is 0. The maximum Gasteiger partial charge on any atom is 0.472 e. The zero-order chi connectivity index (χ0) is 77.6. The molecule has 5 atom stereocenters. The molecule has 19 heteroatoms. The number of hydrogen-bond donors (Lipinski definition) is 3. The van der Waals surface area contributed by atoms with Gasteiger partial charge in [-0.3, -0.25) is 37.3 Å². The van der Waals surface area contributed by atoms with E-state index in [0.29, 0.717) is 25.7 Å². The van der Waals surface area contributed by atoms with Crippen LogP contribution in [0.25, 0.3) is 0 Å². The van der Waals surface area contributed by atoms with Gasteiger partial charge in [0.25, 0.3) is 0 Å². The third kappa shape index (κ3) is 80.1. The molecule has 0 amide bonds. The summed E-state index contributed by atoms with van der Waals surface area (Å²) in [6, 6.07) is 0. The van der Waals surface area contributed by atoms with Crippen molar-refractivity contribution in [2.75, 3.05) is 39.6 Å². The van der Waals surface area contributed by atoms with Crippen LogP contribution in [-0.4, -0.2) is 96.7 Å². The van der Waals surface area contributed by atoms with Gasteiger partial charge in [-0.15, -0.1) is 0 Å². The molecule has 106 heavy (non-hydrogen) atoms. The summed E-state index contributed by atoms with van der Waals surface area (Å²) in [7, 11) is -9.92. The van der Waals surface area contributed by atoms with Crippen LogP contribution in [-0.2, 0) is 65.4 Å². The number of aliphatic hydroxyl groups excluding tert-OH is 1. The zero-order valence-electron chi connectivity index (χ0n) is 69.6. The number of esters is 4. The van der Waals surface area contributed by atoms with Crippen LogP contribution in [0.2, 0.25) is 0 Å². The Kier molecular flexibility index (Phi) is 78.2. The summed E-state index contributed by atoms with van der Waals surface area (Å²) in [4.78, 5) is 73.1. The highest BCUT2D eigenvalue weighted by molar-refractivity contribution is 7.47. The minimum absolute atomic E-state index is 0.109. The smallest absolute Gasteiger partial charge is 0.462 e. The van der Waals surface area contributed by atoms with Gasteiger partial charge in [-0.1, -0.05) is 420 Å². The van der Waals surface area contributed by atoms with Gasteiger partial charge in [-0.2, -0.15) is 0 Å². The van der Waals surface area contributed by atoms with Crippen molar-refractivity contribution in [3.05, 3.63) is 0 Å². The highest BCUT2D eigenvalue weighted by atomic mass is 31.2. The third-order valence-electron chi connectivity index (χ3n) is 20.5. The summed E-state index contributed by atoms with van der Waals surface area (Å²) in [5, 5.41) is 10.7. The predicted octanol–water partition coefficient (Wildman–Crippen LogP) is 26.8. The van der Waals surface area contributed by atoms with Crippen LogP contribution in [0.1, 0.15) is 471 Å². The molecule has 2 unspecified atom stereocenters. The summed E-state index contributed by atoms with van der Waals surface area (Å²) in [6.07, 6.45) is 73.9. The first-order valence-corrected chi connectivity index (χ1v) is 48.1.